The Balaban J connectivity index is 2.23. The van der Waals surface area contributed by atoms with E-state index in [0.717, 1.165) is 16.8 Å². The largest absolute Gasteiger partial charge is 0.317 e. The summed E-state index contributed by atoms with van der Waals surface area (Å²) in [4.78, 5) is 12.6. The number of anilines is 1. The van der Waals surface area contributed by atoms with E-state index in [1.807, 2.05) is 55.8 Å². The minimum absolute atomic E-state index is 0.505. The number of hydrogen-bond acceptors (Lipinski definition) is 1. The predicted molar refractivity (Wildman–Crippen MR) is 74.5 cm³/mol. The van der Waals surface area contributed by atoms with Gasteiger partial charge in [0.1, 0.15) is 0 Å². The fraction of sp³-hybridized carbons (Fsp3) is 0.133. The molecule has 0 N–H and O–H groups in total. The van der Waals surface area contributed by atoms with E-state index < -0.39 is 0 Å². The summed E-state index contributed by atoms with van der Waals surface area (Å²) < 4.78 is 0. The van der Waals surface area contributed by atoms with Crippen molar-refractivity contribution < 1.29 is 4.79 Å². The third-order valence-electron chi connectivity index (χ3n) is 2.75. The molecular formula is C15H13ClNO. The summed E-state index contributed by atoms with van der Waals surface area (Å²) in [6, 6.07) is 15.3. The molecule has 0 unspecified atom stereocenters. The van der Waals surface area contributed by atoms with Crippen molar-refractivity contribution in [2.24, 2.45) is 0 Å². The number of halogens is 1. The molecule has 0 aliphatic carbocycles. The molecule has 0 aromatic heterocycles. The van der Waals surface area contributed by atoms with E-state index in [1.165, 1.54) is 0 Å². The van der Waals surface area contributed by atoms with E-state index in [-0.39, 0.29) is 0 Å². The van der Waals surface area contributed by atoms with Crippen molar-refractivity contribution in [2.75, 3.05) is 4.90 Å². The molecule has 91 valence electrons. The molecule has 2 nitrogen and oxygen atoms in total. The summed E-state index contributed by atoms with van der Waals surface area (Å²) in [5, 5.41) is 0.698. The monoisotopic (exact) mass is 258 g/mol. The molecule has 2 aromatic carbocycles. The van der Waals surface area contributed by atoms with Crippen LogP contribution in [0.4, 0.5) is 5.69 Å². The van der Waals surface area contributed by atoms with Gasteiger partial charge < -0.3 is 0 Å². The first-order chi connectivity index (χ1) is 8.70. The molecule has 1 radical (unpaired) electrons. The summed E-state index contributed by atoms with van der Waals surface area (Å²) >= 11 is 5.97. The van der Waals surface area contributed by atoms with Gasteiger partial charge in [0.15, 0.2) is 0 Å². The lowest BCUT2D eigenvalue weighted by molar-refractivity contribution is 0.551. The molecule has 18 heavy (non-hydrogen) atoms. The van der Waals surface area contributed by atoms with E-state index >= 15 is 0 Å². The summed E-state index contributed by atoms with van der Waals surface area (Å²) in [5.74, 6) is 0. The molecule has 0 bridgehead atoms. The van der Waals surface area contributed by atoms with Crippen molar-refractivity contribution in [3.05, 3.63) is 64.7 Å². The summed E-state index contributed by atoms with van der Waals surface area (Å²) in [6.45, 7) is 2.42. The minimum atomic E-state index is 0.505. The third kappa shape index (κ3) is 2.90. The Bertz CT molecular complexity index is 539. The van der Waals surface area contributed by atoms with Crippen molar-refractivity contribution in [1.29, 1.82) is 0 Å². The molecule has 2 aromatic rings. The second-order valence-corrected chi connectivity index (χ2v) is 4.50. The van der Waals surface area contributed by atoms with Gasteiger partial charge in [-0.3, -0.25) is 9.69 Å². The Morgan fingerprint density at radius 1 is 1.17 bits per heavy atom. The highest BCUT2D eigenvalue weighted by Gasteiger charge is 2.08. The van der Waals surface area contributed by atoms with E-state index in [9.17, 15) is 4.79 Å². The number of nitrogens with zero attached hydrogens (tertiary/aromatic N) is 1. The topological polar surface area (TPSA) is 20.3 Å². The standard InChI is InChI=1S/C15H13ClNO/c1-12-9-14(7-8-15(12)16)17(11-18)10-13-5-3-2-4-6-13/h2-9H,10H2,1H3. The maximum atomic E-state index is 11.1. The second kappa shape index (κ2) is 5.69. The Labute approximate surface area is 112 Å². The van der Waals surface area contributed by atoms with Crippen LogP contribution in [-0.4, -0.2) is 6.41 Å². The van der Waals surface area contributed by atoms with Crippen LogP contribution in [0.1, 0.15) is 11.1 Å². The fourth-order valence-electron chi connectivity index (χ4n) is 1.74. The maximum Gasteiger partial charge on any atom is 0.317 e. The Kier molecular flexibility index (Phi) is 4.00. The van der Waals surface area contributed by atoms with Gasteiger partial charge in [-0.25, -0.2) is 0 Å². The molecule has 0 saturated heterocycles. The molecule has 3 heteroatoms. The number of rotatable bonds is 4. The van der Waals surface area contributed by atoms with Crippen LogP contribution in [0.5, 0.6) is 0 Å². The van der Waals surface area contributed by atoms with Gasteiger partial charge in [0.2, 0.25) is 0 Å². The number of amides is 1. The van der Waals surface area contributed by atoms with Gasteiger partial charge in [-0.2, -0.15) is 0 Å². The highest BCUT2D eigenvalue weighted by molar-refractivity contribution is 6.31. The minimum Gasteiger partial charge on any atom is -0.300 e. The number of benzene rings is 2. The van der Waals surface area contributed by atoms with Gasteiger partial charge in [-0.05, 0) is 36.2 Å². The van der Waals surface area contributed by atoms with Crippen LogP contribution < -0.4 is 4.90 Å². The second-order valence-electron chi connectivity index (χ2n) is 4.10. The maximum absolute atomic E-state index is 11.1. The quantitative estimate of drug-likeness (QED) is 0.766. The van der Waals surface area contributed by atoms with Crippen molar-refractivity contribution in [2.45, 2.75) is 13.5 Å². The lowest BCUT2D eigenvalue weighted by Crippen LogP contribution is -2.20. The van der Waals surface area contributed by atoms with Crippen LogP contribution >= 0.6 is 11.6 Å². The first kappa shape index (κ1) is 12.7. The van der Waals surface area contributed by atoms with Crippen LogP contribution in [0.2, 0.25) is 5.02 Å². The molecule has 1 amide bonds. The highest BCUT2D eigenvalue weighted by Crippen LogP contribution is 2.22. The average molecular weight is 259 g/mol. The van der Waals surface area contributed by atoms with Gasteiger partial charge in [-0.1, -0.05) is 41.9 Å². The normalized spacial score (nSPS) is 10.1. The highest BCUT2D eigenvalue weighted by atomic mass is 35.5. The van der Waals surface area contributed by atoms with Gasteiger partial charge in [-0.15, -0.1) is 0 Å². The van der Waals surface area contributed by atoms with Crippen LogP contribution in [0.15, 0.2) is 48.5 Å². The zero-order valence-corrected chi connectivity index (χ0v) is 10.8. The van der Waals surface area contributed by atoms with Crippen LogP contribution in [0.25, 0.3) is 0 Å². The van der Waals surface area contributed by atoms with E-state index in [4.69, 9.17) is 11.6 Å². The van der Waals surface area contributed by atoms with Crippen molar-refractivity contribution in [1.82, 2.24) is 0 Å². The van der Waals surface area contributed by atoms with Gasteiger partial charge >= 0.3 is 6.41 Å². The molecule has 0 fully saturated rings. The number of hydrogen-bond donors (Lipinski definition) is 0. The van der Waals surface area contributed by atoms with E-state index in [1.54, 1.807) is 11.0 Å². The smallest absolute Gasteiger partial charge is 0.300 e. The fourth-order valence-corrected chi connectivity index (χ4v) is 1.86. The zero-order chi connectivity index (χ0) is 13.0. The van der Waals surface area contributed by atoms with E-state index in [0.29, 0.717) is 11.6 Å². The Morgan fingerprint density at radius 2 is 1.89 bits per heavy atom. The van der Waals surface area contributed by atoms with Crippen molar-refractivity contribution in [3.63, 3.8) is 0 Å². The van der Waals surface area contributed by atoms with Gasteiger partial charge in [0.25, 0.3) is 0 Å². The van der Waals surface area contributed by atoms with Crippen LogP contribution in [-0.2, 0) is 11.3 Å². The molecule has 0 spiro atoms. The molecule has 0 aliphatic heterocycles. The lowest BCUT2D eigenvalue weighted by atomic mass is 10.1. The van der Waals surface area contributed by atoms with Crippen molar-refractivity contribution >= 4 is 23.7 Å². The summed E-state index contributed by atoms with van der Waals surface area (Å²) in [7, 11) is 0. The lowest BCUT2D eigenvalue weighted by Gasteiger charge is -2.17. The Hall–Kier alpha value is -1.80. The number of carbonyl (C=O) groups excluding carboxylic acids is 1. The molecule has 2 rings (SSSR count). The van der Waals surface area contributed by atoms with Crippen LogP contribution in [0.3, 0.4) is 0 Å². The summed E-state index contributed by atoms with van der Waals surface area (Å²) in [6.07, 6.45) is 1.95. The van der Waals surface area contributed by atoms with Gasteiger partial charge in [0.05, 0.1) is 6.54 Å². The third-order valence-corrected chi connectivity index (χ3v) is 3.17. The summed E-state index contributed by atoms with van der Waals surface area (Å²) in [5.41, 5.74) is 2.81. The van der Waals surface area contributed by atoms with Crippen LogP contribution in [0, 0.1) is 6.92 Å². The molecule has 0 aliphatic rings. The van der Waals surface area contributed by atoms with Gasteiger partial charge in [0, 0.05) is 10.7 Å². The molecule has 0 heterocycles. The number of aryl methyl sites for hydroxylation is 1. The zero-order valence-electron chi connectivity index (χ0n) is 10.1. The first-order valence-electron chi connectivity index (χ1n) is 5.66. The van der Waals surface area contributed by atoms with Crippen molar-refractivity contribution in [3.8, 4) is 0 Å². The Morgan fingerprint density at radius 3 is 2.50 bits per heavy atom. The SMILES string of the molecule is Cc1cc(N([C]=O)Cc2ccccc2)ccc1Cl. The predicted octanol–water partition coefficient (Wildman–Crippen LogP) is 3.72. The van der Waals surface area contributed by atoms with E-state index in [2.05, 4.69) is 0 Å². The average Bonchev–Trinajstić information content (AvgIpc) is 2.40. The molecular weight excluding hydrogens is 246 g/mol. The molecule has 0 saturated carbocycles. The molecule has 0 atom stereocenters. The first-order valence-corrected chi connectivity index (χ1v) is 6.04.